The van der Waals surface area contributed by atoms with Crippen LogP contribution in [0.2, 0.25) is 0 Å². The number of anilines is 1. The molecule has 2 unspecified atom stereocenters. The van der Waals surface area contributed by atoms with Crippen LogP contribution in [-0.4, -0.2) is 46.4 Å². The molecule has 0 radical (unpaired) electrons. The Bertz CT molecular complexity index is 527. The minimum absolute atomic E-state index is 0.104. The van der Waals surface area contributed by atoms with E-state index >= 15 is 0 Å². The molecule has 2 rings (SSSR count). The van der Waals surface area contributed by atoms with Crippen molar-refractivity contribution in [1.29, 1.82) is 0 Å². The van der Waals surface area contributed by atoms with Crippen LogP contribution in [0.25, 0.3) is 0 Å². The third-order valence-electron chi connectivity index (χ3n) is 3.14. The van der Waals surface area contributed by atoms with Crippen molar-refractivity contribution >= 4 is 17.5 Å². The van der Waals surface area contributed by atoms with Crippen LogP contribution >= 0.6 is 0 Å². The molecule has 1 fully saturated rings. The van der Waals surface area contributed by atoms with Crippen molar-refractivity contribution in [2.45, 2.75) is 18.6 Å². The topological polar surface area (TPSA) is 109 Å². The molecule has 8 nitrogen and oxygen atoms in total. The van der Waals surface area contributed by atoms with Crippen LogP contribution in [0.1, 0.15) is 6.42 Å². The van der Waals surface area contributed by atoms with Gasteiger partial charge in [0.15, 0.2) is 0 Å². The smallest absolute Gasteiger partial charge is 0.412 e. The summed E-state index contributed by atoms with van der Waals surface area (Å²) < 4.78 is 13.9. The highest BCUT2D eigenvalue weighted by molar-refractivity contribution is 5.90. The molecule has 1 amide bonds. The number of piperidine rings is 1. The van der Waals surface area contributed by atoms with Gasteiger partial charge in [0.1, 0.15) is 18.1 Å². The third kappa shape index (κ3) is 2.67. The van der Waals surface area contributed by atoms with Crippen LogP contribution < -0.4 is 10.2 Å². The lowest BCUT2D eigenvalue weighted by molar-refractivity contribution is -0.384. The van der Waals surface area contributed by atoms with Gasteiger partial charge >= 0.3 is 11.8 Å². The van der Waals surface area contributed by atoms with Crippen molar-refractivity contribution in [2.75, 3.05) is 18.0 Å². The monoisotopic (exact) mass is 284 g/mol. The minimum atomic E-state index is -1.43. The average Bonchev–Trinajstić information content (AvgIpc) is 2.41. The van der Waals surface area contributed by atoms with Gasteiger partial charge in [0.05, 0.1) is 11.0 Å². The molecule has 1 saturated heterocycles. The van der Waals surface area contributed by atoms with E-state index < -0.39 is 28.9 Å². The van der Waals surface area contributed by atoms with E-state index in [9.17, 15) is 24.4 Å². The second-order valence-electron chi connectivity index (χ2n) is 4.35. The largest absolute Gasteiger partial charge is 0.465 e. The van der Waals surface area contributed by atoms with E-state index in [1.54, 1.807) is 0 Å². The molecule has 0 bridgehead atoms. The molecular weight excluding hydrogens is 271 g/mol. The zero-order chi connectivity index (χ0) is 14.7. The summed E-state index contributed by atoms with van der Waals surface area (Å²) in [7, 11) is 0. The van der Waals surface area contributed by atoms with Crippen molar-refractivity contribution in [2.24, 2.45) is 0 Å². The number of hydrogen-bond acceptors (Lipinski definition) is 5. The highest BCUT2D eigenvalue weighted by Gasteiger charge is 2.37. The van der Waals surface area contributed by atoms with Gasteiger partial charge in [-0.15, -0.1) is 0 Å². The molecule has 2 atom stereocenters. The highest BCUT2D eigenvalue weighted by Crippen LogP contribution is 2.30. The maximum absolute atomic E-state index is 13.9. The Morgan fingerprint density at radius 2 is 2.40 bits per heavy atom. The van der Waals surface area contributed by atoms with Crippen LogP contribution in [0.15, 0.2) is 18.5 Å². The van der Waals surface area contributed by atoms with Gasteiger partial charge in [-0.05, 0) is 19.0 Å². The van der Waals surface area contributed by atoms with E-state index in [2.05, 4.69) is 10.3 Å². The molecule has 1 aliphatic heterocycles. The number of nitrogens with zero attached hydrogens (tertiary/aromatic N) is 3. The number of carbonyl (C=O) groups is 1. The van der Waals surface area contributed by atoms with Gasteiger partial charge in [-0.3, -0.25) is 20.0 Å². The van der Waals surface area contributed by atoms with E-state index in [4.69, 9.17) is 0 Å². The van der Waals surface area contributed by atoms with Gasteiger partial charge in [0.25, 0.3) is 0 Å². The maximum atomic E-state index is 13.9. The van der Waals surface area contributed by atoms with Crippen LogP contribution in [0, 0.1) is 10.1 Å². The van der Waals surface area contributed by atoms with Gasteiger partial charge in [-0.1, -0.05) is 0 Å². The molecule has 1 aliphatic rings. The fourth-order valence-corrected chi connectivity index (χ4v) is 2.21. The third-order valence-corrected chi connectivity index (χ3v) is 3.14. The van der Waals surface area contributed by atoms with Crippen LogP contribution in [0.4, 0.5) is 20.6 Å². The van der Waals surface area contributed by atoms with Gasteiger partial charge in [0, 0.05) is 12.7 Å². The summed E-state index contributed by atoms with van der Waals surface area (Å²) in [4.78, 5) is 25.9. The number of nitrogens with one attached hydrogen (secondary N) is 1. The molecule has 0 aromatic carbocycles. The number of halogens is 1. The van der Waals surface area contributed by atoms with Gasteiger partial charge in [-0.25, -0.2) is 9.18 Å². The second-order valence-corrected chi connectivity index (χ2v) is 4.35. The van der Waals surface area contributed by atoms with E-state index in [0.29, 0.717) is 11.4 Å². The molecule has 0 spiro atoms. The Balaban J connectivity index is 2.43. The van der Waals surface area contributed by atoms with Crippen LogP contribution in [0.5, 0.6) is 0 Å². The minimum Gasteiger partial charge on any atom is -0.465 e. The van der Waals surface area contributed by atoms with Crippen molar-refractivity contribution in [3.8, 4) is 0 Å². The first kappa shape index (κ1) is 14.1. The molecule has 9 heteroatoms. The first-order valence-electron chi connectivity index (χ1n) is 5.97. The lowest BCUT2D eigenvalue weighted by Crippen LogP contribution is -2.54. The van der Waals surface area contributed by atoms with E-state index in [0.717, 1.165) is 6.20 Å². The van der Waals surface area contributed by atoms with Gasteiger partial charge in [0.2, 0.25) is 0 Å². The lowest BCUT2D eigenvalue weighted by Gasteiger charge is -2.34. The molecule has 0 saturated carbocycles. The Morgan fingerprint density at radius 3 is 3.00 bits per heavy atom. The predicted molar refractivity (Wildman–Crippen MR) is 67.6 cm³/mol. The van der Waals surface area contributed by atoms with Crippen molar-refractivity contribution in [3.63, 3.8) is 0 Å². The van der Waals surface area contributed by atoms with E-state index in [1.165, 1.54) is 12.3 Å². The maximum Gasteiger partial charge on any atom is 0.412 e. The zero-order valence-corrected chi connectivity index (χ0v) is 10.4. The number of pyridine rings is 1. The average molecular weight is 284 g/mol. The number of carboxylic acid groups (broad SMARTS) is 1. The number of amides is 1. The van der Waals surface area contributed by atoms with Gasteiger partial charge in [-0.2, -0.15) is 0 Å². The molecule has 1 aromatic heterocycles. The van der Waals surface area contributed by atoms with Crippen LogP contribution in [0.3, 0.4) is 0 Å². The van der Waals surface area contributed by atoms with Crippen molar-refractivity contribution < 1.29 is 19.2 Å². The molecule has 2 heterocycles. The highest BCUT2D eigenvalue weighted by atomic mass is 19.1. The number of aromatic nitrogens is 1. The summed E-state index contributed by atoms with van der Waals surface area (Å²) in [6.45, 7) is 0.552. The van der Waals surface area contributed by atoms with E-state index in [-0.39, 0.29) is 18.7 Å². The second kappa shape index (κ2) is 5.78. The summed E-state index contributed by atoms with van der Waals surface area (Å²) in [6.07, 6.45) is -0.458. The molecule has 2 N–H and O–H groups in total. The zero-order valence-electron chi connectivity index (χ0n) is 10.4. The number of nitro groups is 1. The number of alkyl halides is 1. The SMILES string of the molecule is O=C(O)N(c1ccncc1[N+](=O)[O-])C1CNCCC1F. The van der Waals surface area contributed by atoms with Crippen molar-refractivity contribution in [3.05, 3.63) is 28.6 Å². The molecule has 20 heavy (non-hydrogen) atoms. The first-order chi connectivity index (χ1) is 9.52. The fourth-order valence-electron chi connectivity index (χ4n) is 2.21. The predicted octanol–water partition coefficient (Wildman–Crippen LogP) is 1.17. The summed E-state index contributed by atoms with van der Waals surface area (Å²) in [6, 6.07) is 0.204. The van der Waals surface area contributed by atoms with Crippen LogP contribution in [-0.2, 0) is 0 Å². The van der Waals surface area contributed by atoms with E-state index in [1.807, 2.05) is 0 Å². The lowest BCUT2D eigenvalue weighted by atomic mass is 10.0. The summed E-state index contributed by atoms with van der Waals surface area (Å²) in [5, 5.41) is 23.1. The number of hydrogen-bond donors (Lipinski definition) is 2. The van der Waals surface area contributed by atoms with Gasteiger partial charge < -0.3 is 10.4 Å². The molecule has 1 aromatic rings. The summed E-state index contributed by atoms with van der Waals surface area (Å²) in [5.74, 6) is 0. The Labute approximate surface area is 113 Å². The molecule has 108 valence electrons. The molecule has 0 aliphatic carbocycles. The van der Waals surface area contributed by atoms with Crippen molar-refractivity contribution in [1.82, 2.24) is 10.3 Å². The quantitative estimate of drug-likeness (QED) is 0.637. The Kier molecular flexibility index (Phi) is 4.08. The normalized spacial score (nSPS) is 22.2. The Hall–Kier alpha value is -2.29. The Morgan fingerprint density at radius 1 is 1.65 bits per heavy atom. The molecular formula is C11H13FN4O4. The fraction of sp³-hybridized carbons (Fsp3) is 0.455. The number of rotatable bonds is 3. The first-order valence-corrected chi connectivity index (χ1v) is 5.97. The summed E-state index contributed by atoms with van der Waals surface area (Å²) in [5.41, 5.74) is -0.637. The standard InChI is InChI=1S/C11H13FN4O4/c12-7-1-3-13-5-9(7)15(11(17)18)8-2-4-14-6-10(8)16(19)20/h2,4,6-7,9,13H,1,3,5H2,(H,17,18). The summed E-state index contributed by atoms with van der Waals surface area (Å²) >= 11 is 0.